The Hall–Kier alpha value is -2.70. The van der Waals surface area contributed by atoms with E-state index in [2.05, 4.69) is 15.9 Å². The van der Waals surface area contributed by atoms with Gasteiger partial charge < -0.3 is 10.5 Å². The molecule has 1 heterocycles. The highest BCUT2D eigenvalue weighted by molar-refractivity contribution is 9.09. The van der Waals surface area contributed by atoms with E-state index in [1.807, 2.05) is 89.8 Å². The Bertz CT molecular complexity index is 1050. The highest BCUT2D eigenvalue weighted by Crippen LogP contribution is 2.49. The lowest BCUT2D eigenvalue weighted by atomic mass is 10.1. The summed E-state index contributed by atoms with van der Waals surface area (Å²) in [4.78, 5) is 15.9. The van der Waals surface area contributed by atoms with Gasteiger partial charge in [-0.15, -0.1) is 0 Å². The first-order valence-electron chi connectivity index (χ1n) is 9.57. The monoisotopic (exact) mass is 480 g/mol. The van der Waals surface area contributed by atoms with E-state index < -0.39 is 0 Å². The van der Waals surface area contributed by atoms with Crippen LogP contribution >= 0.6 is 27.7 Å². The van der Waals surface area contributed by atoms with Crippen molar-refractivity contribution in [3.63, 3.8) is 0 Å². The van der Waals surface area contributed by atoms with Gasteiger partial charge >= 0.3 is 0 Å². The number of nitrogens with two attached hydrogens (primary N) is 1. The Morgan fingerprint density at radius 1 is 1.00 bits per heavy atom. The van der Waals surface area contributed by atoms with Crippen LogP contribution in [0.1, 0.15) is 16.5 Å². The van der Waals surface area contributed by atoms with E-state index in [4.69, 9.17) is 10.5 Å². The fourth-order valence-corrected chi connectivity index (χ4v) is 4.76. The molecule has 0 bridgehead atoms. The molecule has 1 atom stereocenters. The fourth-order valence-electron chi connectivity index (χ4n) is 3.29. The summed E-state index contributed by atoms with van der Waals surface area (Å²) in [5, 5.41) is 0.567. The van der Waals surface area contributed by atoms with Gasteiger partial charge in [0, 0.05) is 22.3 Å². The maximum absolute atomic E-state index is 13.4. The van der Waals surface area contributed by atoms with Crippen LogP contribution in [-0.2, 0) is 4.79 Å². The molecule has 0 aromatic heterocycles. The molecule has 1 aliphatic rings. The molecular formula is C24H21BrN2O2S. The number of ether oxygens (including phenoxy) is 1. The number of halogens is 1. The van der Waals surface area contributed by atoms with Gasteiger partial charge in [-0.05, 0) is 42.0 Å². The highest BCUT2D eigenvalue weighted by Gasteiger charge is 2.38. The third-order valence-corrected chi connectivity index (χ3v) is 6.28. The minimum absolute atomic E-state index is 0.0286. The Morgan fingerprint density at radius 3 is 2.40 bits per heavy atom. The lowest BCUT2D eigenvalue weighted by Gasteiger charge is -2.24. The van der Waals surface area contributed by atoms with E-state index in [-0.39, 0.29) is 11.3 Å². The third kappa shape index (κ3) is 4.40. The van der Waals surface area contributed by atoms with E-state index in [1.165, 1.54) is 11.8 Å². The predicted octanol–water partition coefficient (Wildman–Crippen LogP) is 5.86. The molecule has 4 nitrogen and oxygen atoms in total. The summed E-state index contributed by atoms with van der Waals surface area (Å²) in [6.45, 7) is 0.612. The van der Waals surface area contributed by atoms with Gasteiger partial charge in [0.2, 0.25) is 0 Å². The van der Waals surface area contributed by atoms with Crippen LogP contribution in [-0.4, -0.2) is 17.8 Å². The van der Waals surface area contributed by atoms with E-state index >= 15 is 0 Å². The summed E-state index contributed by atoms with van der Waals surface area (Å²) < 4.78 is 5.60. The number of hydrogen-bond acceptors (Lipinski definition) is 4. The molecule has 1 aliphatic heterocycles. The van der Waals surface area contributed by atoms with Gasteiger partial charge in [-0.2, -0.15) is 0 Å². The zero-order valence-corrected chi connectivity index (χ0v) is 18.6. The number of alkyl halides is 1. The van der Waals surface area contributed by atoms with E-state index in [1.54, 1.807) is 0 Å². The summed E-state index contributed by atoms with van der Waals surface area (Å²) in [5.41, 5.74) is 9.67. The highest BCUT2D eigenvalue weighted by atomic mass is 79.9. The van der Waals surface area contributed by atoms with Gasteiger partial charge in [-0.25, -0.2) is 0 Å². The van der Waals surface area contributed by atoms with Crippen LogP contribution < -0.4 is 15.4 Å². The number of rotatable bonds is 6. The maximum atomic E-state index is 13.4. The van der Waals surface area contributed by atoms with Gasteiger partial charge in [0.05, 0.1) is 11.5 Å². The van der Waals surface area contributed by atoms with Crippen LogP contribution in [0.5, 0.6) is 5.75 Å². The smallest absolute Gasteiger partial charge is 0.266 e. The van der Waals surface area contributed by atoms with E-state index in [9.17, 15) is 4.79 Å². The molecule has 2 N–H and O–H groups in total. The summed E-state index contributed by atoms with van der Waals surface area (Å²) in [5.74, 6) is 0.780. The average Bonchev–Trinajstić information content (AvgIpc) is 3.10. The SMILES string of the molecule is Nc1ccccc1C1SC(=Cc2ccc(OCCBr)cc2)C(=O)N1c1ccccc1. The van der Waals surface area contributed by atoms with Crippen molar-refractivity contribution in [2.45, 2.75) is 5.37 Å². The molecule has 4 rings (SSSR count). The number of hydrogen-bond donors (Lipinski definition) is 1. The zero-order valence-electron chi connectivity index (χ0n) is 16.2. The van der Waals surface area contributed by atoms with Crippen LogP contribution in [0.3, 0.4) is 0 Å². The van der Waals surface area contributed by atoms with Crippen LogP contribution in [0.2, 0.25) is 0 Å². The van der Waals surface area contributed by atoms with Gasteiger partial charge in [0.1, 0.15) is 11.1 Å². The summed E-state index contributed by atoms with van der Waals surface area (Å²) >= 11 is 4.87. The Kier molecular flexibility index (Phi) is 6.45. The molecule has 0 radical (unpaired) electrons. The third-order valence-electron chi connectivity index (χ3n) is 4.72. The molecule has 3 aromatic rings. The van der Waals surface area contributed by atoms with Gasteiger partial charge in [-0.3, -0.25) is 9.69 Å². The average molecular weight is 481 g/mol. The van der Waals surface area contributed by atoms with Gasteiger partial charge in [0.15, 0.2) is 0 Å². The molecular weight excluding hydrogens is 460 g/mol. The second-order valence-corrected chi connectivity index (χ2v) is 8.64. The molecule has 6 heteroatoms. The number of thioether (sulfide) groups is 1. The summed E-state index contributed by atoms with van der Waals surface area (Å²) in [7, 11) is 0. The first kappa shape index (κ1) is 20.6. The molecule has 1 saturated heterocycles. The maximum Gasteiger partial charge on any atom is 0.266 e. The second-order valence-electron chi connectivity index (χ2n) is 6.72. The Morgan fingerprint density at radius 2 is 1.70 bits per heavy atom. The number of nitrogens with zero attached hydrogens (tertiary/aromatic N) is 1. The summed E-state index contributed by atoms with van der Waals surface area (Å²) in [6.07, 6.45) is 1.93. The van der Waals surface area contributed by atoms with Crippen molar-refractivity contribution in [3.05, 3.63) is 94.9 Å². The molecule has 3 aromatic carbocycles. The number of amides is 1. The number of nitrogen functional groups attached to an aromatic ring is 1. The quantitative estimate of drug-likeness (QED) is 0.272. The number of benzene rings is 3. The van der Waals surface area contributed by atoms with Crippen molar-refractivity contribution in [2.75, 3.05) is 22.6 Å². The summed E-state index contributed by atoms with van der Waals surface area (Å²) in [6, 6.07) is 25.2. The van der Waals surface area contributed by atoms with Crippen LogP contribution in [0.4, 0.5) is 11.4 Å². The second kappa shape index (κ2) is 9.41. The molecule has 1 amide bonds. The van der Waals surface area contributed by atoms with Crippen LogP contribution in [0.25, 0.3) is 6.08 Å². The standard InChI is InChI=1S/C24H21BrN2O2S/c25-14-15-29-19-12-10-17(11-13-19)16-22-23(28)27(18-6-2-1-3-7-18)24(30-22)20-8-4-5-9-21(20)26/h1-13,16,24H,14-15,26H2. The van der Waals surface area contributed by atoms with Crippen molar-refractivity contribution in [3.8, 4) is 5.75 Å². The molecule has 30 heavy (non-hydrogen) atoms. The van der Waals surface area contributed by atoms with Crippen molar-refractivity contribution < 1.29 is 9.53 Å². The zero-order chi connectivity index (χ0) is 20.9. The van der Waals surface area contributed by atoms with E-state index in [0.717, 1.165) is 27.9 Å². The van der Waals surface area contributed by atoms with Gasteiger partial charge in [-0.1, -0.05) is 76.2 Å². The first-order chi connectivity index (χ1) is 14.7. The molecule has 1 unspecified atom stereocenters. The predicted molar refractivity (Wildman–Crippen MR) is 129 cm³/mol. The fraction of sp³-hybridized carbons (Fsp3) is 0.125. The molecule has 0 saturated carbocycles. The van der Waals surface area contributed by atoms with Crippen molar-refractivity contribution in [2.24, 2.45) is 0 Å². The minimum Gasteiger partial charge on any atom is -0.493 e. The normalized spacial score (nSPS) is 17.5. The topological polar surface area (TPSA) is 55.6 Å². The van der Waals surface area contributed by atoms with Gasteiger partial charge in [0.25, 0.3) is 5.91 Å². The molecule has 0 aliphatic carbocycles. The van der Waals surface area contributed by atoms with E-state index in [0.29, 0.717) is 17.2 Å². The lowest BCUT2D eigenvalue weighted by molar-refractivity contribution is -0.114. The van der Waals surface area contributed by atoms with Crippen molar-refractivity contribution >= 4 is 51.0 Å². The van der Waals surface area contributed by atoms with Crippen molar-refractivity contribution in [1.82, 2.24) is 0 Å². The molecule has 0 spiro atoms. The Labute approximate surface area is 188 Å². The largest absolute Gasteiger partial charge is 0.493 e. The molecule has 1 fully saturated rings. The lowest BCUT2D eigenvalue weighted by Crippen LogP contribution is -2.27. The number of para-hydroxylation sites is 2. The Balaban J connectivity index is 1.68. The minimum atomic E-state index is -0.214. The van der Waals surface area contributed by atoms with Crippen LogP contribution in [0.15, 0.2) is 83.8 Å². The van der Waals surface area contributed by atoms with Crippen LogP contribution in [0, 0.1) is 0 Å². The first-order valence-corrected chi connectivity index (χ1v) is 11.6. The number of carbonyl (C=O) groups excluding carboxylic acids is 1. The molecule has 152 valence electrons. The number of carbonyl (C=O) groups is 1. The van der Waals surface area contributed by atoms with Crippen molar-refractivity contribution in [1.29, 1.82) is 0 Å². The number of anilines is 2.